The zero-order valence-electron chi connectivity index (χ0n) is 11.2. The van der Waals surface area contributed by atoms with Crippen LogP contribution in [0.2, 0.25) is 0 Å². The van der Waals surface area contributed by atoms with E-state index in [2.05, 4.69) is 4.72 Å². The number of aliphatic hydroxyl groups excluding tert-OH is 1. The van der Waals surface area contributed by atoms with E-state index in [0.29, 0.717) is 5.69 Å². The molecule has 1 fully saturated rings. The second-order valence-corrected chi connectivity index (χ2v) is 6.77. The van der Waals surface area contributed by atoms with Gasteiger partial charge in [0, 0.05) is 32.6 Å². The Balaban J connectivity index is 2.09. The summed E-state index contributed by atoms with van der Waals surface area (Å²) < 4.78 is 33.9. The third-order valence-electron chi connectivity index (χ3n) is 3.84. The maximum atomic E-state index is 12.2. The number of hydrogen-bond acceptors (Lipinski definition) is 4. The topological polar surface area (TPSA) is 80.6 Å². The Labute approximate surface area is 113 Å². The first-order valence-corrected chi connectivity index (χ1v) is 7.72. The van der Waals surface area contributed by atoms with Gasteiger partial charge in [-0.05, 0) is 25.3 Å². The summed E-state index contributed by atoms with van der Waals surface area (Å²) in [6.45, 7) is 0.100. The van der Waals surface area contributed by atoms with Crippen LogP contribution in [0.4, 0.5) is 0 Å². The first-order valence-electron chi connectivity index (χ1n) is 6.23. The van der Waals surface area contributed by atoms with Gasteiger partial charge in [0.2, 0.25) is 10.0 Å². The third-order valence-corrected chi connectivity index (χ3v) is 5.21. The molecule has 0 aromatic carbocycles. The highest BCUT2D eigenvalue weighted by atomic mass is 32.2. The molecule has 1 aliphatic carbocycles. The van der Waals surface area contributed by atoms with Crippen LogP contribution in [0, 0.1) is 0 Å². The third kappa shape index (κ3) is 2.84. The van der Waals surface area contributed by atoms with Crippen molar-refractivity contribution in [3.8, 4) is 0 Å². The van der Waals surface area contributed by atoms with Gasteiger partial charge >= 0.3 is 0 Å². The minimum absolute atomic E-state index is 0.171. The van der Waals surface area contributed by atoms with Crippen LogP contribution in [0.1, 0.15) is 25.0 Å². The van der Waals surface area contributed by atoms with Gasteiger partial charge in [0.1, 0.15) is 0 Å². The lowest BCUT2D eigenvalue weighted by Gasteiger charge is -2.40. The van der Waals surface area contributed by atoms with Crippen molar-refractivity contribution in [1.29, 1.82) is 0 Å². The van der Waals surface area contributed by atoms with Crippen LogP contribution in [0.3, 0.4) is 0 Å². The molecular formula is C12H20N2O4S. The number of hydrogen-bond donors (Lipinski definition) is 2. The fraction of sp³-hybridized carbons (Fsp3) is 0.667. The summed E-state index contributed by atoms with van der Waals surface area (Å²) in [6.07, 6.45) is 4.31. The van der Waals surface area contributed by atoms with E-state index >= 15 is 0 Å². The van der Waals surface area contributed by atoms with E-state index in [-0.39, 0.29) is 23.6 Å². The maximum absolute atomic E-state index is 12.2. The zero-order valence-corrected chi connectivity index (χ0v) is 12.0. The summed E-state index contributed by atoms with van der Waals surface area (Å²) in [5.74, 6) is 0. The van der Waals surface area contributed by atoms with Gasteiger partial charge in [-0.2, -0.15) is 0 Å². The Morgan fingerprint density at radius 3 is 2.63 bits per heavy atom. The molecule has 1 saturated carbocycles. The van der Waals surface area contributed by atoms with E-state index in [1.54, 1.807) is 18.7 Å². The molecule has 1 heterocycles. The molecular weight excluding hydrogens is 268 g/mol. The monoisotopic (exact) mass is 288 g/mol. The molecule has 1 aromatic rings. The highest BCUT2D eigenvalue weighted by Crippen LogP contribution is 2.34. The number of aromatic nitrogens is 1. The molecule has 19 heavy (non-hydrogen) atoms. The molecule has 0 bridgehead atoms. The lowest BCUT2D eigenvalue weighted by atomic mass is 9.80. The van der Waals surface area contributed by atoms with E-state index in [1.807, 2.05) is 0 Å². The van der Waals surface area contributed by atoms with Crippen molar-refractivity contribution in [1.82, 2.24) is 9.29 Å². The minimum atomic E-state index is -3.55. The van der Waals surface area contributed by atoms with Crippen LogP contribution >= 0.6 is 0 Å². The molecule has 0 aliphatic heterocycles. The molecule has 0 spiro atoms. The molecule has 0 amide bonds. The Morgan fingerprint density at radius 1 is 1.53 bits per heavy atom. The largest absolute Gasteiger partial charge is 0.390 e. The first kappa shape index (κ1) is 14.5. The van der Waals surface area contributed by atoms with Crippen molar-refractivity contribution >= 4 is 10.0 Å². The summed E-state index contributed by atoms with van der Waals surface area (Å²) in [4.78, 5) is 0.171. The van der Waals surface area contributed by atoms with Crippen molar-refractivity contribution in [2.24, 2.45) is 7.05 Å². The van der Waals surface area contributed by atoms with Gasteiger partial charge in [-0.25, -0.2) is 13.1 Å². The van der Waals surface area contributed by atoms with E-state index < -0.39 is 10.0 Å². The fourth-order valence-electron chi connectivity index (χ4n) is 2.22. The van der Waals surface area contributed by atoms with Crippen LogP contribution in [-0.4, -0.2) is 37.3 Å². The normalized spacial score (nSPS) is 18.3. The minimum Gasteiger partial charge on any atom is -0.390 e. The van der Waals surface area contributed by atoms with E-state index in [9.17, 15) is 8.42 Å². The molecule has 6 nitrogen and oxygen atoms in total. The Hall–Kier alpha value is -0.890. The SMILES string of the molecule is COC1(CNS(=O)(=O)c2cc(CO)n(C)c2)CCC1. The number of nitrogens with zero attached hydrogens (tertiary/aromatic N) is 1. The lowest BCUT2D eigenvalue weighted by molar-refractivity contribution is -0.0659. The first-order chi connectivity index (χ1) is 8.92. The standard InChI is InChI=1S/C12H20N2O4S/c1-14-7-11(6-10(14)8-15)19(16,17)13-9-12(18-2)4-3-5-12/h6-7,13,15H,3-5,8-9H2,1-2H3. The van der Waals surface area contributed by atoms with E-state index in [0.717, 1.165) is 19.3 Å². The number of methoxy groups -OCH3 is 1. The van der Waals surface area contributed by atoms with Crippen molar-refractivity contribution < 1.29 is 18.3 Å². The molecule has 7 heteroatoms. The summed E-state index contributed by atoms with van der Waals surface area (Å²) in [6, 6.07) is 1.47. The quantitative estimate of drug-likeness (QED) is 0.792. The molecule has 0 radical (unpaired) electrons. The molecule has 0 saturated heterocycles. The smallest absolute Gasteiger partial charge is 0.242 e. The Kier molecular flexibility index (Phi) is 4.00. The van der Waals surface area contributed by atoms with Crippen molar-refractivity contribution in [2.45, 2.75) is 36.4 Å². The van der Waals surface area contributed by atoms with Gasteiger partial charge in [0.05, 0.1) is 17.1 Å². The number of sulfonamides is 1. The van der Waals surface area contributed by atoms with Crippen LogP contribution < -0.4 is 4.72 Å². The molecule has 108 valence electrons. The van der Waals surface area contributed by atoms with Crippen LogP contribution in [0.5, 0.6) is 0 Å². The van der Waals surface area contributed by atoms with Crippen LogP contribution in [-0.2, 0) is 28.4 Å². The second kappa shape index (κ2) is 5.24. The van der Waals surface area contributed by atoms with Gasteiger partial charge in [-0.1, -0.05) is 0 Å². The predicted molar refractivity (Wildman–Crippen MR) is 70.1 cm³/mol. The van der Waals surface area contributed by atoms with Gasteiger partial charge in [0.25, 0.3) is 0 Å². The lowest BCUT2D eigenvalue weighted by Crippen LogP contribution is -2.49. The number of ether oxygens (including phenoxy) is 1. The molecule has 2 rings (SSSR count). The second-order valence-electron chi connectivity index (χ2n) is 5.00. The average molecular weight is 288 g/mol. The van der Waals surface area contributed by atoms with Crippen molar-refractivity contribution in [3.05, 3.63) is 18.0 Å². The van der Waals surface area contributed by atoms with E-state index in [4.69, 9.17) is 9.84 Å². The Bertz CT molecular complexity index is 541. The number of nitrogens with one attached hydrogen (secondary N) is 1. The molecule has 0 unspecified atom stereocenters. The summed E-state index contributed by atoms with van der Waals surface area (Å²) in [5.41, 5.74) is 0.215. The summed E-state index contributed by atoms with van der Waals surface area (Å²) >= 11 is 0. The maximum Gasteiger partial charge on any atom is 0.242 e. The number of rotatable bonds is 6. The van der Waals surface area contributed by atoms with Gasteiger partial charge in [-0.15, -0.1) is 0 Å². The van der Waals surface area contributed by atoms with Crippen molar-refractivity contribution in [3.63, 3.8) is 0 Å². The van der Waals surface area contributed by atoms with Crippen LogP contribution in [0.25, 0.3) is 0 Å². The van der Waals surface area contributed by atoms with Gasteiger partial charge < -0.3 is 14.4 Å². The Morgan fingerprint density at radius 2 is 2.21 bits per heavy atom. The van der Waals surface area contributed by atoms with Gasteiger partial charge in [0.15, 0.2) is 0 Å². The summed E-state index contributed by atoms with van der Waals surface area (Å²) in [7, 11) is -0.241. The number of aliphatic hydroxyl groups is 1. The predicted octanol–water partition coefficient (Wildman–Crippen LogP) is 0.365. The highest BCUT2D eigenvalue weighted by molar-refractivity contribution is 7.89. The molecule has 2 N–H and O–H groups in total. The number of aryl methyl sites for hydroxylation is 1. The van der Waals surface area contributed by atoms with Crippen molar-refractivity contribution in [2.75, 3.05) is 13.7 Å². The molecule has 1 aliphatic rings. The van der Waals surface area contributed by atoms with E-state index in [1.165, 1.54) is 12.3 Å². The zero-order chi connectivity index (χ0) is 14.1. The molecule has 1 aromatic heterocycles. The van der Waals surface area contributed by atoms with Gasteiger partial charge in [-0.3, -0.25) is 0 Å². The molecule has 0 atom stereocenters. The fourth-order valence-corrected chi connectivity index (χ4v) is 3.42. The van der Waals surface area contributed by atoms with Crippen LogP contribution in [0.15, 0.2) is 17.2 Å². The summed E-state index contributed by atoms with van der Waals surface area (Å²) in [5, 5.41) is 9.09. The average Bonchev–Trinajstić information content (AvgIpc) is 2.70. The highest BCUT2D eigenvalue weighted by Gasteiger charge is 2.38.